The third kappa shape index (κ3) is 1.49. The van der Waals surface area contributed by atoms with Gasteiger partial charge in [-0.1, -0.05) is 6.07 Å². The molecule has 3 heteroatoms. The minimum atomic E-state index is 0.378. The van der Waals surface area contributed by atoms with Crippen molar-refractivity contribution in [1.82, 2.24) is 4.90 Å². The summed E-state index contributed by atoms with van der Waals surface area (Å²) in [7, 11) is 2.20. The molecule has 3 rings (SSSR count). The summed E-state index contributed by atoms with van der Waals surface area (Å²) in [6.45, 7) is 2.39. The topological polar surface area (TPSA) is 23.5 Å². The lowest BCUT2D eigenvalue weighted by Crippen LogP contribution is -2.19. The van der Waals surface area contributed by atoms with Crippen molar-refractivity contribution in [2.45, 2.75) is 18.8 Å². The van der Waals surface area contributed by atoms with E-state index >= 15 is 0 Å². The number of halogens is 1. The number of likely N-dealkylation sites (tertiary alicyclic amines) is 1. The SMILES string of the molecule is CN1CC2CCc3c(ccc(O)c3Br)C2C1. The van der Waals surface area contributed by atoms with E-state index < -0.39 is 0 Å². The molecular weight excluding hydrogens is 266 g/mol. The number of aromatic hydroxyl groups is 1. The third-order valence-electron chi connectivity index (χ3n) is 4.05. The van der Waals surface area contributed by atoms with E-state index in [1.165, 1.54) is 24.1 Å². The fraction of sp³-hybridized carbons (Fsp3) is 0.538. The van der Waals surface area contributed by atoms with Crippen molar-refractivity contribution in [1.29, 1.82) is 0 Å². The van der Waals surface area contributed by atoms with Gasteiger partial charge in [0, 0.05) is 19.0 Å². The highest BCUT2D eigenvalue weighted by molar-refractivity contribution is 9.10. The van der Waals surface area contributed by atoms with Gasteiger partial charge in [-0.25, -0.2) is 0 Å². The van der Waals surface area contributed by atoms with E-state index in [1.807, 2.05) is 6.07 Å². The lowest BCUT2D eigenvalue weighted by Gasteiger charge is -2.28. The number of benzene rings is 1. The monoisotopic (exact) mass is 281 g/mol. The first-order valence-electron chi connectivity index (χ1n) is 5.85. The smallest absolute Gasteiger partial charge is 0.130 e. The number of rotatable bonds is 0. The Morgan fingerprint density at radius 3 is 3.00 bits per heavy atom. The van der Waals surface area contributed by atoms with Crippen LogP contribution >= 0.6 is 15.9 Å². The van der Waals surface area contributed by atoms with Crippen LogP contribution in [-0.2, 0) is 6.42 Å². The van der Waals surface area contributed by atoms with Gasteiger partial charge in [-0.2, -0.15) is 0 Å². The molecule has 0 amide bonds. The fourth-order valence-electron chi connectivity index (χ4n) is 3.29. The Hall–Kier alpha value is -0.540. The molecule has 1 aromatic carbocycles. The quantitative estimate of drug-likeness (QED) is 0.791. The van der Waals surface area contributed by atoms with E-state index in [2.05, 4.69) is 33.9 Å². The number of fused-ring (bicyclic) bond motifs is 3. The predicted molar refractivity (Wildman–Crippen MR) is 67.9 cm³/mol. The fourth-order valence-corrected chi connectivity index (χ4v) is 3.85. The van der Waals surface area contributed by atoms with Gasteiger partial charge in [-0.15, -0.1) is 0 Å². The number of likely N-dealkylation sites (N-methyl/N-ethyl adjacent to an activating group) is 1. The summed E-state index contributed by atoms with van der Waals surface area (Å²) in [5.41, 5.74) is 2.78. The largest absolute Gasteiger partial charge is 0.507 e. The maximum absolute atomic E-state index is 9.71. The molecule has 1 fully saturated rings. The molecule has 2 unspecified atom stereocenters. The molecule has 2 atom stereocenters. The molecule has 0 bridgehead atoms. The number of phenolic OH excluding ortho intramolecular Hbond substituents is 1. The molecule has 1 aliphatic carbocycles. The standard InChI is InChI=1S/C13H16BrNO/c1-15-6-8-2-3-10-9(11(8)7-15)4-5-12(16)13(10)14/h4-5,8,11,16H,2-3,6-7H2,1H3. The Kier molecular flexibility index (Phi) is 2.48. The first kappa shape index (κ1) is 10.6. The predicted octanol–water partition coefficient (Wildman–Crippen LogP) is 2.75. The summed E-state index contributed by atoms with van der Waals surface area (Å²) in [5.74, 6) is 1.86. The van der Waals surface area contributed by atoms with Crippen LogP contribution in [0, 0.1) is 5.92 Å². The average Bonchev–Trinajstić information content (AvgIpc) is 2.63. The minimum absolute atomic E-state index is 0.378. The van der Waals surface area contributed by atoms with Crippen molar-refractivity contribution in [3.05, 3.63) is 27.7 Å². The maximum Gasteiger partial charge on any atom is 0.130 e. The zero-order valence-electron chi connectivity index (χ0n) is 9.41. The first-order chi connectivity index (χ1) is 7.66. The Bertz CT molecular complexity index is 432. The normalized spacial score (nSPS) is 28.9. The van der Waals surface area contributed by atoms with Gasteiger partial charge in [0.05, 0.1) is 4.47 Å². The van der Waals surface area contributed by atoms with Crippen molar-refractivity contribution in [3.63, 3.8) is 0 Å². The Balaban J connectivity index is 2.07. The molecule has 0 saturated carbocycles. The highest BCUT2D eigenvalue weighted by atomic mass is 79.9. The molecule has 1 aromatic rings. The van der Waals surface area contributed by atoms with Gasteiger partial charge in [0.1, 0.15) is 5.75 Å². The van der Waals surface area contributed by atoms with Crippen LogP contribution in [0.3, 0.4) is 0 Å². The van der Waals surface area contributed by atoms with Crippen LogP contribution in [0.1, 0.15) is 23.5 Å². The van der Waals surface area contributed by atoms with Gasteiger partial charge in [0.15, 0.2) is 0 Å². The number of hydrogen-bond donors (Lipinski definition) is 1. The number of hydrogen-bond acceptors (Lipinski definition) is 2. The summed E-state index contributed by atoms with van der Waals surface area (Å²) in [6.07, 6.45) is 2.35. The van der Waals surface area contributed by atoms with E-state index in [9.17, 15) is 5.11 Å². The van der Waals surface area contributed by atoms with Gasteiger partial charge in [-0.3, -0.25) is 0 Å². The van der Waals surface area contributed by atoms with Gasteiger partial charge in [-0.05, 0) is 58.9 Å². The highest BCUT2D eigenvalue weighted by Gasteiger charge is 2.36. The minimum Gasteiger partial charge on any atom is -0.507 e. The summed E-state index contributed by atoms with van der Waals surface area (Å²) in [4.78, 5) is 2.42. The third-order valence-corrected chi connectivity index (χ3v) is 4.93. The molecule has 0 radical (unpaired) electrons. The van der Waals surface area contributed by atoms with E-state index in [0.717, 1.165) is 23.4 Å². The van der Waals surface area contributed by atoms with Gasteiger partial charge < -0.3 is 10.0 Å². The van der Waals surface area contributed by atoms with Crippen LogP contribution in [0.15, 0.2) is 16.6 Å². The molecule has 0 spiro atoms. The lowest BCUT2D eigenvalue weighted by atomic mass is 9.77. The molecule has 1 heterocycles. The van der Waals surface area contributed by atoms with Gasteiger partial charge in [0.2, 0.25) is 0 Å². The van der Waals surface area contributed by atoms with Crippen molar-refractivity contribution in [3.8, 4) is 5.75 Å². The summed E-state index contributed by atoms with van der Waals surface area (Å²) >= 11 is 3.51. The van der Waals surface area contributed by atoms with Gasteiger partial charge >= 0.3 is 0 Å². The van der Waals surface area contributed by atoms with Gasteiger partial charge in [0.25, 0.3) is 0 Å². The van der Waals surface area contributed by atoms with E-state index in [4.69, 9.17) is 0 Å². The second kappa shape index (κ2) is 3.74. The lowest BCUT2D eigenvalue weighted by molar-refractivity contribution is 0.386. The van der Waals surface area contributed by atoms with E-state index in [0.29, 0.717) is 11.7 Å². The first-order valence-corrected chi connectivity index (χ1v) is 6.65. The van der Waals surface area contributed by atoms with Crippen LogP contribution in [-0.4, -0.2) is 30.1 Å². The van der Waals surface area contributed by atoms with Crippen LogP contribution in [0.2, 0.25) is 0 Å². The van der Waals surface area contributed by atoms with Crippen molar-refractivity contribution in [2.24, 2.45) is 5.92 Å². The summed E-state index contributed by atoms with van der Waals surface area (Å²) < 4.78 is 0.915. The Labute approximate surface area is 104 Å². The van der Waals surface area contributed by atoms with Crippen molar-refractivity contribution < 1.29 is 5.11 Å². The second-order valence-electron chi connectivity index (χ2n) is 5.09. The van der Waals surface area contributed by atoms with Crippen LogP contribution < -0.4 is 0 Å². The molecule has 1 saturated heterocycles. The van der Waals surface area contributed by atoms with Crippen LogP contribution in [0.25, 0.3) is 0 Å². The molecule has 2 aliphatic rings. The summed E-state index contributed by atoms with van der Waals surface area (Å²) in [5, 5.41) is 9.71. The molecular formula is C13H16BrNO. The van der Waals surface area contributed by atoms with Crippen molar-refractivity contribution >= 4 is 15.9 Å². The zero-order chi connectivity index (χ0) is 11.3. The van der Waals surface area contributed by atoms with Crippen molar-refractivity contribution in [2.75, 3.05) is 20.1 Å². The average molecular weight is 282 g/mol. The molecule has 86 valence electrons. The highest BCUT2D eigenvalue weighted by Crippen LogP contribution is 2.45. The molecule has 0 aromatic heterocycles. The van der Waals surface area contributed by atoms with Crippen LogP contribution in [0.4, 0.5) is 0 Å². The van der Waals surface area contributed by atoms with E-state index in [1.54, 1.807) is 0 Å². The second-order valence-corrected chi connectivity index (χ2v) is 5.89. The maximum atomic E-state index is 9.71. The van der Waals surface area contributed by atoms with E-state index in [-0.39, 0.29) is 0 Å². The number of nitrogens with zero attached hydrogens (tertiary/aromatic N) is 1. The van der Waals surface area contributed by atoms with Crippen LogP contribution in [0.5, 0.6) is 5.75 Å². The molecule has 1 aliphatic heterocycles. The Morgan fingerprint density at radius 1 is 1.38 bits per heavy atom. The molecule has 16 heavy (non-hydrogen) atoms. The zero-order valence-corrected chi connectivity index (χ0v) is 11.0. The Morgan fingerprint density at radius 2 is 2.19 bits per heavy atom. The molecule has 2 nitrogen and oxygen atoms in total. The summed E-state index contributed by atoms with van der Waals surface area (Å²) in [6, 6.07) is 3.94. The number of phenols is 1. The molecule has 1 N–H and O–H groups in total.